The molecule has 1 atom stereocenters. The van der Waals surface area contributed by atoms with Crippen LogP contribution in [0.2, 0.25) is 0 Å². The molecule has 3 amide bonds. The second-order valence-electron chi connectivity index (χ2n) is 6.40. The van der Waals surface area contributed by atoms with Crippen LogP contribution in [0, 0.1) is 12.8 Å². The second kappa shape index (κ2) is 8.57. The lowest BCUT2D eigenvalue weighted by Crippen LogP contribution is -2.47. The Morgan fingerprint density at radius 2 is 2.21 bits per heavy atom. The third-order valence-corrected chi connectivity index (χ3v) is 4.35. The monoisotopic (exact) mass is 333 g/mol. The zero-order valence-electron chi connectivity index (χ0n) is 14.5. The number of hydrogen-bond acceptors (Lipinski definition) is 3. The van der Waals surface area contributed by atoms with E-state index in [1.807, 2.05) is 31.2 Å². The predicted molar refractivity (Wildman–Crippen MR) is 92.8 cm³/mol. The average molecular weight is 333 g/mol. The number of aryl methyl sites for hydroxylation is 1. The number of piperidine rings is 1. The van der Waals surface area contributed by atoms with Crippen LogP contribution in [-0.2, 0) is 4.79 Å². The van der Waals surface area contributed by atoms with Crippen LogP contribution in [0.4, 0.5) is 4.79 Å². The molecule has 1 aromatic rings. The van der Waals surface area contributed by atoms with Crippen LogP contribution in [0.25, 0.3) is 0 Å². The molecule has 1 heterocycles. The summed E-state index contributed by atoms with van der Waals surface area (Å²) in [5, 5.41) is 0. The Kier molecular flexibility index (Phi) is 6.46. The molecule has 2 rings (SSSR count). The summed E-state index contributed by atoms with van der Waals surface area (Å²) in [6.07, 6.45) is 2.40. The fourth-order valence-corrected chi connectivity index (χ4v) is 3.00. The molecule has 0 unspecified atom stereocenters. The van der Waals surface area contributed by atoms with E-state index < -0.39 is 6.03 Å². The third-order valence-electron chi connectivity index (χ3n) is 4.35. The lowest BCUT2D eigenvalue weighted by molar-refractivity contribution is -0.135. The maximum atomic E-state index is 12.5. The molecule has 1 aliphatic heterocycles. The molecule has 0 bridgehead atoms. The van der Waals surface area contributed by atoms with E-state index in [0.29, 0.717) is 26.2 Å². The maximum absolute atomic E-state index is 12.5. The van der Waals surface area contributed by atoms with Gasteiger partial charge in [-0.2, -0.15) is 0 Å². The summed E-state index contributed by atoms with van der Waals surface area (Å²) in [4.78, 5) is 27.0. The first kappa shape index (κ1) is 18.1. The fraction of sp³-hybridized carbons (Fsp3) is 0.556. The Morgan fingerprint density at radius 1 is 1.42 bits per heavy atom. The number of carbonyl (C=O) groups is 2. The summed E-state index contributed by atoms with van der Waals surface area (Å²) in [6.45, 7) is 4.31. The van der Waals surface area contributed by atoms with Crippen LogP contribution in [0.5, 0.6) is 5.75 Å². The average Bonchev–Trinajstić information content (AvgIpc) is 2.58. The molecule has 2 N–H and O–H groups in total. The molecule has 132 valence electrons. The number of nitrogens with two attached hydrogens (primary N) is 1. The lowest BCUT2D eigenvalue weighted by atomic mass is 9.97. The van der Waals surface area contributed by atoms with Crippen molar-refractivity contribution < 1.29 is 14.3 Å². The molecule has 1 aliphatic rings. The van der Waals surface area contributed by atoms with Crippen molar-refractivity contribution in [3.05, 3.63) is 29.8 Å². The molecule has 6 nitrogen and oxygen atoms in total. The molecule has 0 aromatic heterocycles. The molecule has 0 saturated carbocycles. The molecule has 6 heteroatoms. The molecule has 0 spiro atoms. The van der Waals surface area contributed by atoms with Gasteiger partial charge in [-0.1, -0.05) is 12.1 Å². The van der Waals surface area contributed by atoms with Gasteiger partial charge < -0.3 is 20.3 Å². The molecule has 24 heavy (non-hydrogen) atoms. The summed E-state index contributed by atoms with van der Waals surface area (Å²) in [7, 11) is 1.80. The largest absolute Gasteiger partial charge is 0.494 e. The number of amides is 3. The smallest absolute Gasteiger partial charge is 0.314 e. The van der Waals surface area contributed by atoms with E-state index in [0.717, 1.165) is 30.6 Å². The van der Waals surface area contributed by atoms with Gasteiger partial charge in [0.05, 0.1) is 12.5 Å². The molecule has 0 aliphatic carbocycles. The summed E-state index contributed by atoms with van der Waals surface area (Å²) in [5.74, 6) is 0.791. The number of nitrogens with zero attached hydrogens (tertiary/aromatic N) is 2. The minimum absolute atomic E-state index is 0.0801. The quantitative estimate of drug-likeness (QED) is 0.809. The zero-order valence-corrected chi connectivity index (χ0v) is 14.5. The van der Waals surface area contributed by atoms with Gasteiger partial charge in [-0.15, -0.1) is 0 Å². The summed E-state index contributed by atoms with van der Waals surface area (Å²) >= 11 is 0. The van der Waals surface area contributed by atoms with E-state index in [4.69, 9.17) is 10.5 Å². The minimum atomic E-state index is -0.443. The Balaban J connectivity index is 1.72. The van der Waals surface area contributed by atoms with Crippen LogP contribution in [0.3, 0.4) is 0 Å². The molecule has 0 radical (unpaired) electrons. The highest BCUT2D eigenvalue weighted by molar-refractivity contribution is 5.80. The Hall–Kier alpha value is -2.24. The van der Waals surface area contributed by atoms with Crippen molar-refractivity contribution in [3.8, 4) is 5.75 Å². The van der Waals surface area contributed by atoms with Crippen molar-refractivity contribution >= 4 is 11.9 Å². The predicted octanol–water partition coefficient (Wildman–Crippen LogP) is 2.01. The summed E-state index contributed by atoms with van der Waals surface area (Å²) in [5.41, 5.74) is 6.48. The van der Waals surface area contributed by atoms with E-state index >= 15 is 0 Å². The SMILES string of the molecule is Cc1cccc(OCCCN(C)C(=O)[C@H]2CCCN(C(N)=O)C2)c1. The van der Waals surface area contributed by atoms with Crippen LogP contribution >= 0.6 is 0 Å². The van der Waals surface area contributed by atoms with Gasteiger partial charge in [0.15, 0.2) is 0 Å². The highest BCUT2D eigenvalue weighted by Gasteiger charge is 2.29. The maximum Gasteiger partial charge on any atom is 0.314 e. The van der Waals surface area contributed by atoms with E-state index in [2.05, 4.69) is 0 Å². The van der Waals surface area contributed by atoms with Gasteiger partial charge in [-0.3, -0.25) is 4.79 Å². The summed E-state index contributed by atoms with van der Waals surface area (Å²) in [6, 6.07) is 7.48. The van der Waals surface area contributed by atoms with Gasteiger partial charge in [0.1, 0.15) is 5.75 Å². The summed E-state index contributed by atoms with van der Waals surface area (Å²) < 4.78 is 5.70. The van der Waals surface area contributed by atoms with E-state index in [9.17, 15) is 9.59 Å². The molecule has 1 saturated heterocycles. The number of likely N-dealkylation sites (tertiary alicyclic amines) is 1. The number of hydrogen-bond donors (Lipinski definition) is 1. The van der Waals surface area contributed by atoms with Crippen molar-refractivity contribution in [2.45, 2.75) is 26.2 Å². The number of benzene rings is 1. The van der Waals surface area contributed by atoms with E-state index in [1.165, 1.54) is 0 Å². The minimum Gasteiger partial charge on any atom is -0.494 e. The van der Waals surface area contributed by atoms with Crippen LogP contribution in [0.15, 0.2) is 24.3 Å². The van der Waals surface area contributed by atoms with E-state index in [-0.39, 0.29) is 11.8 Å². The Morgan fingerprint density at radius 3 is 2.92 bits per heavy atom. The highest BCUT2D eigenvalue weighted by atomic mass is 16.5. The highest BCUT2D eigenvalue weighted by Crippen LogP contribution is 2.18. The first-order valence-corrected chi connectivity index (χ1v) is 8.46. The van der Waals surface area contributed by atoms with Gasteiger partial charge >= 0.3 is 6.03 Å². The zero-order chi connectivity index (χ0) is 17.5. The van der Waals surface area contributed by atoms with E-state index in [1.54, 1.807) is 16.8 Å². The van der Waals surface area contributed by atoms with Crippen LogP contribution in [-0.4, -0.2) is 55.0 Å². The first-order valence-electron chi connectivity index (χ1n) is 8.46. The third kappa shape index (κ3) is 5.15. The second-order valence-corrected chi connectivity index (χ2v) is 6.40. The normalized spacial score (nSPS) is 17.4. The number of primary amides is 1. The fourth-order valence-electron chi connectivity index (χ4n) is 3.00. The van der Waals surface area contributed by atoms with Crippen molar-refractivity contribution in [2.75, 3.05) is 33.3 Å². The number of ether oxygens (including phenoxy) is 1. The number of carbonyl (C=O) groups excluding carboxylic acids is 2. The van der Waals surface area contributed by atoms with Crippen LogP contribution in [0.1, 0.15) is 24.8 Å². The van der Waals surface area contributed by atoms with Crippen molar-refractivity contribution in [3.63, 3.8) is 0 Å². The Bertz CT molecular complexity index is 576. The number of rotatable bonds is 6. The molecular formula is C18H27N3O3. The van der Waals surface area contributed by atoms with Gasteiger partial charge in [0.25, 0.3) is 0 Å². The first-order chi connectivity index (χ1) is 11.5. The van der Waals surface area contributed by atoms with Crippen LogP contribution < -0.4 is 10.5 Å². The van der Waals surface area contributed by atoms with Gasteiger partial charge in [0.2, 0.25) is 5.91 Å². The lowest BCUT2D eigenvalue weighted by Gasteiger charge is -2.33. The van der Waals surface area contributed by atoms with Gasteiger partial charge in [0, 0.05) is 26.7 Å². The van der Waals surface area contributed by atoms with Crippen molar-refractivity contribution in [1.29, 1.82) is 0 Å². The molecule has 1 aromatic carbocycles. The topological polar surface area (TPSA) is 75.9 Å². The van der Waals surface area contributed by atoms with Crippen molar-refractivity contribution in [1.82, 2.24) is 9.80 Å². The van der Waals surface area contributed by atoms with Gasteiger partial charge in [-0.25, -0.2) is 4.79 Å². The molecule has 1 fully saturated rings. The van der Waals surface area contributed by atoms with Gasteiger partial charge in [-0.05, 0) is 43.9 Å². The Labute approximate surface area is 143 Å². The molecular weight excluding hydrogens is 306 g/mol. The number of urea groups is 1. The van der Waals surface area contributed by atoms with Crippen molar-refractivity contribution in [2.24, 2.45) is 11.7 Å². The standard InChI is InChI=1S/C18H27N3O3/c1-14-6-3-8-16(12-14)24-11-5-9-20(2)17(22)15-7-4-10-21(13-15)18(19)23/h3,6,8,12,15H,4-5,7,9-11,13H2,1-2H3,(H2,19,23)/t15-/m0/s1.